The van der Waals surface area contributed by atoms with Crippen LogP contribution in [0.25, 0.3) is 10.8 Å². The molecule has 2 aromatic rings. The molecule has 1 unspecified atom stereocenters. The van der Waals surface area contributed by atoms with E-state index in [1.165, 1.54) is 33.7 Å². The van der Waals surface area contributed by atoms with E-state index in [1.54, 1.807) is 0 Å². The zero-order valence-corrected chi connectivity index (χ0v) is 14.2. The first-order valence-electron chi connectivity index (χ1n) is 7.54. The summed E-state index contributed by atoms with van der Waals surface area (Å²) in [4.78, 5) is 0. The molecule has 1 nitrogen and oxygen atoms in total. The molecule has 0 saturated heterocycles. The molecule has 0 amide bonds. The molecule has 1 atom stereocenters. The highest BCUT2D eigenvalue weighted by atomic mass is 79.9. The molecule has 1 N–H and O–H groups in total. The van der Waals surface area contributed by atoms with Crippen LogP contribution in [0.1, 0.15) is 45.2 Å². The lowest BCUT2D eigenvalue weighted by molar-refractivity contribution is 0.432. The smallest absolute Gasteiger partial charge is 0.0328 e. The second-order valence-corrected chi connectivity index (χ2v) is 6.67. The van der Waals surface area contributed by atoms with Gasteiger partial charge in [-0.05, 0) is 47.7 Å². The molecular weight excluding hydrogens is 310 g/mol. The largest absolute Gasteiger partial charge is 0.310 e. The second kappa shape index (κ2) is 7.24. The molecule has 2 heteroatoms. The van der Waals surface area contributed by atoms with Gasteiger partial charge in [0.15, 0.2) is 0 Å². The molecule has 20 heavy (non-hydrogen) atoms. The summed E-state index contributed by atoms with van der Waals surface area (Å²) in [5.41, 5.74) is 1.42. The Morgan fingerprint density at radius 1 is 1.05 bits per heavy atom. The topological polar surface area (TPSA) is 12.0 Å². The van der Waals surface area contributed by atoms with E-state index in [0.29, 0.717) is 12.0 Å². The number of hydrogen-bond acceptors (Lipinski definition) is 1. The second-order valence-electron chi connectivity index (χ2n) is 5.82. The van der Waals surface area contributed by atoms with Gasteiger partial charge in [-0.25, -0.2) is 0 Å². The molecule has 0 heterocycles. The van der Waals surface area contributed by atoms with Crippen molar-refractivity contribution in [3.05, 3.63) is 46.4 Å². The van der Waals surface area contributed by atoms with Crippen molar-refractivity contribution in [2.45, 2.75) is 39.7 Å². The molecule has 0 saturated carbocycles. The van der Waals surface area contributed by atoms with Gasteiger partial charge in [-0.1, -0.05) is 67.0 Å². The SMILES string of the molecule is CCCNC(CC(C)C)c1ccc(Br)c2ccccc12. The van der Waals surface area contributed by atoms with Crippen LogP contribution in [0.2, 0.25) is 0 Å². The van der Waals surface area contributed by atoms with E-state index in [4.69, 9.17) is 0 Å². The highest BCUT2D eigenvalue weighted by Crippen LogP contribution is 2.32. The molecule has 0 spiro atoms. The van der Waals surface area contributed by atoms with E-state index in [2.05, 4.69) is 78.4 Å². The van der Waals surface area contributed by atoms with Crippen LogP contribution in [0.5, 0.6) is 0 Å². The maximum absolute atomic E-state index is 3.71. The number of halogens is 1. The van der Waals surface area contributed by atoms with E-state index >= 15 is 0 Å². The summed E-state index contributed by atoms with van der Waals surface area (Å²) in [6.45, 7) is 7.88. The third-order valence-corrected chi connectivity index (χ3v) is 4.32. The zero-order valence-electron chi connectivity index (χ0n) is 12.6. The quantitative estimate of drug-likeness (QED) is 0.716. The van der Waals surface area contributed by atoms with Crippen molar-refractivity contribution in [3.8, 4) is 0 Å². The van der Waals surface area contributed by atoms with Crippen LogP contribution in [0.15, 0.2) is 40.9 Å². The van der Waals surface area contributed by atoms with Crippen molar-refractivity contribution in [1.82, 2.24) is 5.32 Å². The first-order chi connectivity index (χ1) is 9.63. The Balaban J connectivity index is 2.44. The van der Waals surface area contributed by atoms with Gasteiger partial charge < -0.3 is 5.32 Å². The molecule has 108 valence electrons. The molecule has 0 fully saturated rings. The van der Waals surface area contributed by atoms with Crippen LogP contribution in [0, 0.1) is 5.92 Å². The fraction of sp³-hybridized carbons (Fsp3) is 0.444. The highest BCUT2D eigenvalue weighted by Gasteiger charge is 2.16. The summed E-state index contributed by atoms with van der Waals surface area (Å²) in [5, 5.41) is 6.37. The first kappa shape index (κ1) is 15.5. The Bertz CT molecular complexity index is 562. The van der Waals surface area contributed by atoms with E-state index < -0.39 is 0 Å². The predicted molar refractivity (Wildman–Crippen MR) is 92.1 cm³/mol. The maximum Gasteiger partial charge on any atom is 0.0328 e. The molecule has 0 aliphatic heterocycles. The van der Waals surface area contributed by atoms with Crippen molar-refractivity contribution in [3.63, 3.8) is 0 Å². The van der Waals surface area contributed by atoms with Crippen LogP contribution < -0.4 is 5.32 Å². The van der Waals surface area contributed by atoms with Crippen molar-refractivity contribution >= 4 is 26.7 Å². The normalized spacial score (nSPS) is 13.1. The molecule has 2 aromatic carbocycles. The number of hydrogen-bond donors (Lipinski definition) is 1. The fourth-order valence-electron chi connectivity index (χ4n) is 2.70. The molecule has 0 bridgehead atoms. The van der Waals surface area contributed by atoms with Gasteiger partial charge in [0.25, 0.3) is 0 Å². The number of rotatable bonds is 6. The average molecular weight is 334 g/mol. The zero-order chi connectivity index (χ0) is 14.5. The average Bonchev–Trinajstić information content (AvgIpc) is 2.44. The third-order valence-electron chi connectivity index (χ3n) is 3.63. The van der Waals surface area contributed by atoms with E-state index in [0.717, 1.165) is 6.54 Å². The van der Waals surface area contributed by atoms with Crippen LogP contribution >= 0.6 is 15.9 Å². The Labute approximate surface area is 130 Å². The van der Waals surface area contributed by atoms with Gasteiger partial charge in [0.2, 0.25) is 0 Å². The van der Waals surface area contributed by atoms with Crippen LogP contribution in [0.3, 0.4) is 0 Å². The minimum Gasteiger partial charge on any atom is -0.310 e. The maximum atomic E-state index is 3.71. The van der Waals surface area contributed by atoms with Gasteiger partial charge in [-0.15, -0.1) is 0 Å². The molecule has 2 rings (SSSR count). The lowest BCUT2D eigenvalue weighted by atomic mass is 9.92. The Kier molecular flexibility index (Phi) is 5.62. The fourth-order valence-corrected chi connectivity index (χ4v) is 3.18. The van der Waals surface area contributed by atoms with Crippen LogP contribution in [0.4, 0.5) is 0 Å². The van der Waals surface area contributed by atoms with Gasteiger partial charge in [0.05, 0.1) is 0 Å². The first-order valence-corrected chi connectivity index (χ1v) is 8.33. The van der Waals surface area contributed by atoms with Gasteiger partial charge in [0.1, 0.15) is 0 Å². The van der Waals surface area contributed by atoms with Crippen molar-refractivity contribution < 1.29 is 0 Å². The van der Waals surface area contributed by atoms with E-state index in [9.17, 15) is 0 Å². The van der Waals surface area contributed by atoms with Crippen LogP contribution in [-0.4, -0.2) is 6.54 Å². The molecule has 0 aromatic heterocycles. The summed E-state index contributed by atoms with van der Waals surface area (Å²) in [5.74, 6) is 0.687. The molecule has 0 radical (unpaired) electrons. The third kappa shape index (κ3) is 3.62. The highest BCUT2D eigenvalue weighted by molar-refractivity contribution is 9.10. The Morgan fingerprint density at radius 2 is 1.75 bits per heavy atom. The minimum atomic E-state index is 0.438. The standard InChI is InChI=1S/C18H24BrN/c1-4-11-20-18(12-13(2)3)16-9-10-17(19)15-8-6-5-7-14(15)16/h5-10,13,18,20H,4,11-12H2,1-3H3. The van der Waals surface area contributed by atoms with Crippen molar-refractivity contribution in [1.29, 1.82) is 0 Å². The van der Waals surface area contributed by atoms with Gasteiger partial charge in [-0.2, -0.15) is 0 Å². The Hall–Kier alpha value is -0.860. The van der Waals surface area contributed by atoms with Gasteiger partial charge in [-0.3, -0.25) is 0 Å². The monoisotopic (exact) mass is 333 g/mol. The summed E-state index contributed by atoms with van der Waals surface area (Å²) >= 11 is 3.66. The number of fused-ring (bicyclic) bond motifs is 1. The molecule has 0 aliphatic carbocycles. The lowest BCUT2D eigenvalue weighted by Crippen LogP contribution is -2.23. The number of nitrogens with one attached hydrogen (secondary N) is 1. The van der Waals surface area contributed by atoms with Crippen molar-refractivity contribution in [2.75, 3.05) is 6.54 Å². The molecule has 0 aliphatic rings. The Morgan fingerprint density at radius 3 is 2.40 bits per heavy atom. The molecular formula is C18H24BrN. The summed E-state index contributed by atoms with van der Waals surface area (Å²) in [6.07, 6.45) is 2.34. The van der Waals surface area contributed by atoms with Gasteiger partial charge in [0, 0.05) is 10.5 Å². The minimum absolute atomic E-state index is 0.438. The predicted octanol–water partition coefficient (Wildman–Crippen LogP) is 5.69. The van der Waals surface area contributed by atoms with Gasteiger partial charge >= 0.3 is 0 Å². The number of benzene rings is 2. The summed E-state index contributed by atoms with van der Waals surface area (Å²) in [7, 11) is 0. The summed E-state index contributed by atoms with van der Waals surface area (Å²) < 4.78 is 1.18. The lowest BCUT2D eigenvalue weighted by Gasteiger charge is -2.23. The van der Waals surface area contributed by atoms with E-state index in [-0.39, 0.29) is 0 Å². The van der Waals surface area contributed by atoms with E-state index in [1.807, 2.05) is 0 Å². The van der Waals surface area contributed by atoms with Crippen molar-refractivity contribution in [2.24, 2.45) is 5.92 Å². The summed E-state index contributed by atoms with van der Waals surface area (Å²) in [6, 6.07) is 13.5. The van der Waals surface area contributed by atoms with Crippen LogP contribution in [-0.2, 0) is 0 Å².